The molecule has 2 aromatic heterocycles. The molecule has 182 valence electrons. The largest absolute Gasteiger partial charge is 0.309 e. The number of aryl methyl sites for hydroxylation is 1. The second-order valence-electron chi connectivity index (χ2n) is 9.65. The van der Waals surface area contributed by atoms with Gasteiger partial charge in [0.25, 0.3) is 0 Å². The van der Waals surface area contributed by atoms with E-state index in [1.807, 2.05) is 6.08 Å². The van der Waals surface area contributed by atoms with Crippen LogP contribution >= 0.6 is 0 Å². The minimum Gasteiger partial charge on any atom is -0.309 e. The van der Waals surface area contributed by atoms with Crippen LogP contribution < -0.4 is 0 Å². The number of allylic oxidation sites excluding steroid dienone is 1. The van der Waals surface area contributed by atoms with Crippen molar-refractivity contribution < 1.29 is 0 Å². The maximum absolute atomic E-state index is 4.16. The second kappa shape index (κ2) is 9.63. The van der Waals surface area contributed by atoms with Gasteiger partial charge in [-0.2, -0.15) is 0 Å². The fourth-order valence-electron chi connectivity index (χ4n) is 5.74. The molecule has 0 saturated carbocycles. The average Bonchev–Trinajstić information content (AvgIpc) is 3.45. The van der Waals surface area contributed by atoms with Crippen LogP contribution in [0.25, 0.3) is 56.2 Å². The van der Waals surface area contributed by atoms with E-state index in [0.29, 0.717) is 0 Å². The number of nitrogens with zero attached hydrogens (tertiary/aromatic N) is 2. The van der Waals surface area contributed by atoms with Gasteiger partial charge in [0.05, 0.1) is 27.9 Å². The normalized spacial score (nSPS) is 11.8. The minimum absolute atomic E-state index is 1.13. The first-order chi connectivity index (χ1) is 18.3. The number of benzene rings is 4. The van der Waals surface area contributed by atoms with E-state index < -0.39 is 0 Å². The Labute approximate surface area is 218 Å². The first-order valence-corrected chi connectivity index (χ1v) is 13.3. The number of aromatic nitrogens is 2. The quantitative estimate of drug-likeness (QED) is 0.215. The second-order valence-corrected chi connectivity index (χ2v) is 9.65. The van der Waals surface area contributed by atoms with Crippen LogP contribution in [0.2, 0.25) is 0 Å². The molecule has 0 aliphatic rings. The summed E-state index contributed by atoms with van der Waals surface area (Å²) in [5.41, 5.74) is 9.73. The SMILES string of the molecule is C=Cc1c(/C=C\C)n(-c2cccc3c2c2ccccc2n3-c2ccc(CCCC)cc2)c2ccccc12. The molecule has 0 radical (unpaired) electrons. The van der Waals surface area contributed by atoms with Crippen LogP contribution in [-0.4, -0.2) is 9.13 Å². The highest BCUT2D eigenvalue weighted by Gasteiger charge is 2.20. The predicted molar refractivity (Wildman–Crippen MR) is 161 cm³/mol. The molecule has 2 nitrogen and oxygen atoms in total. The number of rotatable bonds is 7. The summed E-state index contributed by atoms with van der Waals surface area (Å²) in [6.45, 7) is 8.48. The molecular formula is C35H32N2. The van der Waals surface area contributed by atoms with Gasteiger partial charge in [-0.25, -0.2) is 0 Å². The van der Waals surface area contributed by atoms with Crippen LogP contribution in [0.5, 0.6) is 0 Å². The topological polar surface area (TPSA) is 9.86 Å². The van der Waals surface area contributed by atoms with Crippen LogP contribution in [0.1, 0.15) is 43.5 Å². The van der Waals surface area contributed by atoms with Gasteiger partial charge in [0.15, 0.2) is 0 Å². The van der Waals surface area contributed by atoms with Crippen LogP contribution in [0, 0.1) is 0 Å². The van der Waals surface area contributed by atoms with E-state index in [1.54, 1.807) is 0 Å². The molecule has 4 aromatic carbocycles. The van der Waals surface area contributed by atoms with Gasteiger partial charge < -0.3 is 9.13 Å². The lowest BCUT2D eigenvalue weighted by Crippen LogP contribution is -1.99. The summed E-state index contributed by atoms with van der Waals surface area (Å²) in [4.78, 5) is 0. The molecule has 0 N–H and O–H groups in total. The summed E-state index contributed by atoms with van der Waals surface area (Å²) in [6, 6.07) is 33.2. The number of fused-ring (bicyclic) bond motifs is 4. The highest BCUT2D eigenvalue weighted by Crippen LogP contribution is 2.39. The molecular weight excluding hydrogens is 448 g/mol. The van der Waals surface area contributed by atoms with Crippen molar-refractivity contribution in [2.24, 2.45) is 0 Å². The summed E-state index contributed by atoms with van der Waals surface area (Å²) in [7, 11) is 0. The molecule has 0 atom stereocenters. The zero-order valence-electron chi connectivity index (χ0n) is 21.6. The first-order valence-electron chi connectivity index (χ1n) is 13.3. The first kappa shape index (κ1) is 23.1. The average molecular weight is 481 g/mol. The molecule has 0 fully saturated rings. The van der Waals surface area contributed by atoms with E-state index in [-0.39, 0.29) is 0 Å². The third-order valence-corrected chi connectivity index (χ3v) is 7.41. The highest BCUT2D eigenvalue weighted by molar-refractivity contribution is 6.14. The van der Waals surface area contributed by atoms with Crippen LogP contribution in [-0.2, 0) is 6.42 Å². The van der Waals surface area contributed by atoms with E-state index in [1.165, 1.54) is 62.5 Å². The Hall–Kier alpha value is -4.30. The van der Waals surface area contributed by atoms with Crippen LogP contribution in [0.4, 0.5) is 0 Å². The Balaban J connectivity index is 1.68. The maximum atomic E-state index is 4.16. The number of unbranched alkanes of at least 4 members (excludes halogenated alkanes) is 1. The van der Waals surface area contributed by atoms with Crippen molar-refractivity contribution in [2.75, 3.05) is 0 Å². The van der Waals surface area contributed by atoms with Gasteiger partial charge in [-0.1, -0.05) is 86.7 Å². The van der Waals surface area contributed by atoms with E-state index in [2.05, 4.69) is 133 Å². The fraction of sp³-hybridized carbons (Fsp3) is 0.143. The molecule has 37 heavy (non-hydrogen) atoms. The zero-order chi connectivity index (χ0) is 25.4. The van der Waals surface area contributed by atoms with Crippen molar-refractivity contribution in [1.82, 2.24) is 9.13 Å². The van der Waals surface area contributed by atoms with Crippen molar-refractivity contribution >= 4 is 44.9 Å². The zero-order valence-corrected chi connectivity index (χ0v) is 21.6. The Kier molecular flexibility index (Phi) is 6.02. The third-order valence-electron chi connectivity index (χ3n) is 7.41. The summed E-state index contributed by atoms with van der Waals surface area (Å²) in [6.07, 6.45) is 9.87. The molecule has 0 aliphatic carbocycles. The Bertz CT molecular complexity index is 1770. The van der Waals surface area contributed by atoms with Crippen molar-refractivity contribution in [1.29, 1.82) is 0 Å². The summed E-state index contributed by atoms with van der Waals surface area (Å²) in [5.74, 6) is 0. The van der Waals surface area contributed by atoms with Gasteiger partial charge >= 0.3 is 0 Å². The minimum atomic E-state index is 1.13. The summed E-state index contributed by atoms with van der Waals surface area (Å²) < 4.78 is 4.81. The van der Waals surface area contributed by atoms with Crippen molar-refractivity contribution in [2.45, 2.75) is 33.1 Å². The number of hydrogen-bond donors (Lipinski definition) is 0. The molecule has 0 unspecified atom stereocenters. The van der Waals surface area contributed by atoms with Crippen LogP contribution in [0.15, 0.2) is 104 Å². The van der Waals surface area contributed by atoms with Gasteiger partial charge in [-0.3, -0.25) is 0 Å². The van der Waals surface area contributed by atoms with Crippen molar-refractivity contribution in [3.8, 4) is 11.4 Å². The number of hydrogen-bond acceptors (Lipinski definition) is 0. The standard InChI is InChI=1S/C35H32N2/c1-4-7-14-25-21-23-26(24-22-25)36-32-18-11-9-16-29(32)35-33(36)19-12-20-34(35)37-30(13-5-2)27(6-3)28-15-8-10-17-31(28)37/h5-6,8-13,15-24H,3-4,7,14H2,1-2H3/b13-5-. The van der Waals surface area contributed by atoms with Crippen LogP contribution in [0.3, 0.4) is 0 Å². The summed E-state index contributed by atoms with van der Waals surface area (Å²) >= 11 is 0. The van der Waals surface area contributed by atoms with Crippen molar-refractivity contribution in [3.63, 3.8) is 0 Å². The van der Waals surface area contributed by atoms with E-state index in [0.717, 1.165) is 17.7 Å². The van der Waals surface area contributed by atoms with Crippen molar-refractivity contribution in [3.05, 3.63) is 120 Å². The molecule has 0 amide bonds. The fourth-order valence-corrected chi connectivity index (χ4v) is 5.74. The Morgan fingerprint density at radius 2 is 1.41 bits per heavy atom. The maximum Gasteiger partial charge on any atom is 0.0562 e. The lowest BCUT2D eigenvalue weighted by atomic mass is 10.1. The Morgan fingerprint density at radius 3 is 2.11 bits per heavy atom. The van der Waals surface area contributed by atoms with E-state index >= 15 is 0 Å². The van der Waals surface area contributed by atoms with Gasteiger partial charge in [0, 0.05) is 27.4 Å². The molecule has 2 heterocycles. The van der Waals surface area contributed by atoms with Gasteiger partial charge in [0.2, 0.25) is 0 Å². The third kappa shape index (κ3) is 3.72. The monoisotopic (exact) mass is 480 g/mol. The number of para-hydroxylation sites is 2. The smallest absolute Gasteiger partial charge is 0.0562 e. The van der Waals surface area contributed by atoms with Gasteiger partial charge in [-0.05, 0) is 67.8 Å². The van der Waals surface area contributed by atoms with E-state index in [9.17, 15) is 0 Å². The molecule has 0 bridgehead atoms. The predicted octanol–water partition coefficient (Wildman–Crippen LogP) is 9.75. The lowest BCUT2D eigenvalue weighted by Gasteiger charge is -2.13. The lowest BCUT2D eigenvalue weighted by molar-refractivity contribution is 0.795. The molecule has 2 heteroatoms. The molecule has 0 saturated heterocycles. The highest BCUT2D eigenvalue weighted by atomic mass is 15.0. The summed E-state index contributed by atoms with van der Waals surface area (Å²) in [5, 5.41) is 3.73. The molecule has 0 aliphatic heterocycles. The van der Waals surface area contributed by atoms with E-state index in [4.69, 9.17) is 0 Å². The van der Waals surface area contributed by atoms with Gasteiger partial charge in [-0.15, -0.1) is 0 Å². The Morgan fingerprint density at radius 1 is 0.730 bits per heavy atom. The molecule has 0 spiro atoms. The molecule has 6 aromatic rings. The molecule has 6 rings (SSSR count). The van der Waals surface area contributed by atoms with Gasteiger partial charge in [0.1, 0.15) is 0 Å².